The summed E-state index contributed by atoms with van der Waals surface area (Å²) in [5.74, 6) is 0. The Morgan fingerprint density at radius 3 is 0.849 bits per heavy atom. The van der Waals surface area contributed by atoms with Crippen molar-refractivity contribution in [3.63, 3.8) is 0 Å². The number of fused-ring (bicyclic) bond motifs is 12. The first-order valence-corrected chi connectivity index (χ1v) is 32.1. The monoisotopic (exact) mass is 1250 g/mol. The third-order valence-electron chi connectivity index (χ3n) is 18.5. The number of rotatable bonds is 6. The first-order chi connectivity index (χ1) is 45.4. The molecule has 0 unspecified atom stereocenters. The molecule has 0 aromatic heterocycles. The van der Waals surface area contributed by atoms with Gasteiger partial charge in [-0.3, -0.25) is 0 Å². The van der Waals surface area contributed by atoms with Gasteiger partial charge in [0.25, 0.3) is 0 Å². The van der Waals surface area contributed by atoms with Crippen molar-refractivity contribution in [2.45, 2.75) is 7.43 Å². The van der Waals surface area contributed by atoms with E-state index in [2.05, 4.69) is 313 Å². The van der Waals surface area contributed by atoms with Gasteiger partial charge in [0.1, 0.15) is 0 Å². The predicted octanol–water partition coefficient (Wildman–Crippen LogP) is 24.0. The molecular formula is C89H62BBrO2. The molecule has 0 saturated heterocycles. The summed E-state index contributed by atoms with van der Waals surface area (Å²) in [5, 5.41) is 44.4. The highest BCUT2D eigenvalue weighted by atomic mass is 79.9. The van der Waals surface area contributed by atoms with Gasteiger partial charge in [-0.2, -0.15) is 0 Å². The molecule has 0 heterocycles. The lowest BCUT2D eigenvalue weighted by Crippen LogP contribution is -2.31. The van der Waals surface area contributed by atoms with E-state index in [1.54, 1.807) is 0 Å². The maximum atomic E-state index is 10.1. The van der Waals surface area contributed by atoms with Crippen molar-refractivity contribution in [1.29, 1.82) is 0 Å². The minimum atomic E-state index is -1.53. The molecule has 440 valence electrons. The zero-order valence-electron chi connectivity index (χ0n) is 50.2. The molecule has 0 saturated carbocycles. The topological polar surface area (TPSA) is 40.5 Å². The Morgan fingerprint density at radius 1 is 0.204 bits per heavy atom. The lowest BCUT2D eigenvalue weighted by Gasteiger charge is -2.19. The van der Waals surface area contributed by atoms with Crippen LogP contribution in [-0.4, -0.2) is 17.2 Å². The van der Waals surface area contributed by atoms with Crippen molar-refractivity contribution in [1.82, 2.24) is 0 Å². The Morgan fingerprint density at radius 2 is 0.462 bits per heavy atom. The maximum Gasteiger partial charge on any atom is 0.489 e. The molecule has 93 heavy (non-hydrogen) atoms. The van der Waals surface area contributed by atoms with Gasteiger partial charge < -0.3 is 10.0 Å². The number of hydrogen-bond acceptors (Lipinski definition) is 2. The normalized spacial score (nSPS) is 11.3. The highest BCUT2D eigenvalue weighted by molar-refractivity contribution is 9.10. The number of benzene rings is 18. The highest BCUT2D eigenvalue weighted by Gasteiger charge is 2.23. The third-order valence-corrected chi connectivity index (χ3v) is 19.0. The Balaban J connectivity index is 0.000000125. The second-order valence-corrected chi connectivity index (χ2v) is 24.6. The molecule has 0 fully saturated rings. The predicted molar refractivity (Wildman–Crippen MR) is 406 cm³/mol. The second-order valence-electron chi connectivity index (χ2n) is 23.7. The van der Waals surface area contributed by atoms with Crippen LogP contribution in [0.25, 0.3) is 163 Å². The molecule has 2 nitrogen and oxygen atoms in total. The summed E-state index contributed by atoms with van der Waals surface area (Å²) in [7, 11) is -1.53. The van der Waals surface area contributed by atoms with E-state index >= 15 is 0 Å². The quantitative estimate of drug-likeness (QED) is 0.0990. The van der Waals surface area contributed by atoms with Crippen LogP contribution < -0.4 is 5.46 Å². The van der Waals surface area contributed by atoms with Crippen molar-refractivity contribution < 1.29 is 10.0 Å². The first-order valence-electron chi connectivity index (χ1n) is 31.3. The van der Waals surface area contributed by atoms with Crippen LogP contribution in [0.15, 0.2) is 344 Å². The minimum Gasteiger partial charge on any atom is -0.423 e. The molecule has 0 aliphatic heterocycles. The van der Waals surface area contributed by atoms with Crippen LogP contribution in [0.3, 0.4) is 0 Å². The average molecular weight is 1250 g/mol. The van der Waals surface area contributed by atoms with Crippen LogP contribution in [-0.2, 0) is 0 Å². The fraction of sp³-hybridized carbons (Fsp3) is 0.0112. The molecule has 18 aromatic rings. The summed E-state index contributed by atoms with van der Waals surface area (Å²) in [4.78, 5) is 0. The van der Waals surface area contributed by atoms with E-state index in [9.17, 15) is 10.0 Å². The van der Waals surface area contributed by atoms with Gasteiger partial charge in [0.2, 0.25) is 0 Å². The van der Waals surface area contributed by atoms with E-state index in [1.165, 1.54) is 131 Å². The van der Waals surface area contributed by atoms with Crippen molar-refractivity contribution in [3.05, 3.63) is 344 Å². The average Bonchev–Trinajstić information content (AvgIpc) is 0.790. The standard InChI is InChI=1S/C44H28.C24H17BO2.C20H13Br.CH4/c1-3-13-35-30(10-1)12-9-19-37(35)44-40-17-7-5-15-38(40)43(39-16-6-8-18-41(39)44)33-25-20-29(21-26-33)34-27-24-32-23-22-31-11-2-4-14-36(31)42(32)28-34;26-25(27)24-21-13-5-3-11-19(21)23(20-12-4-6-14-22(20)24)18-15-7-9-16-8-1-2-10-17(16)18;21-18-11-9-14(10-12-18)17-8-7-16-6-5-15-3-1-2-4-19(15)20(16)13-17;/h1-28H;1-15,26-27H;1-13H;1H4. The molecule has 0 aliphatic carbocycles. The van der Waals surface area contributed by atoms with Crippen LogP contribution in [0, 0.1) is 0 Å². The van der Waals surface area contributed by atoms with E-state index in [-0.39, 0.29) is 7.43 Å². The molecule has 18 aromatic carbocycles. The highest BCUT2D eigenvalue weighted by Crippen LogP contribution is 2.46. The van der Waals surface area contributed by atoms with E-state index < -0.39 is 7.12 Å². The maximum absolute atomic E-state index is 10.1. The molecular weight excluding hydrogens is 1190 g/mol. The smallest absolute Gasteiger partial charge is 0.423 e. The minimum absolute atomic E-state index is 0. The van der Waals surface area contributed by atoms with Gasteiger partial charge in [-0.1, -0.05) is 339 Å². The summed E-state index contributed by atoms with van der Waals surface area (Å²) in [5.41, 5.74) is 12.9. The van der Waals surface area contributed by atoms with Gasteiger partial charge in [0.15, 0.2) is 0 Å². The molecule has 2 N–H and O–H groups in total. The molecule has 0 radical (unpaired) electrons. The van der Waals surface area contributed by atoms with E-state index in [4.69, 9.17) is 0 Å². The van der Waals surface area contributed by atoms with E-state index in [0.717, 1.165) is 37.1 Å². The second kappa shape index (κ2) is 25.0. The van der Waals surface area contributed by atoms with Crippen LogP contribution in [0.2, 0.25) is 0 Å². The van der Waals surface area contributed by atoms with Crippen molar-refractivity contribution >= 4 is 136 Å². The first kappa shape index (κ1) is 58.4. The lowest BCUT2D eigenvalue weighted by molar-refractivity contribution is 0.426. The molecule has 0 atom stereocenters. The Labute approximate surface area is 549 Å². The molecule has 0 amide bonds. The molecule has 18 rings (SSSR count). The Bertz CT molecular complexity index is 5750. The van der Waals surface area contributed by atoms with Crippen LogP contribution in [0.4, 0.5) is 0 Å². The Hall–Kier alpha value is -11.0. The fourth-order valence-corrected chi connectivity index (χ4v) is 14.4. The van der Waals surface area contributed by atoms with E-state index in [1.807, 2.05) is 42.5 Å². The molecule has 4 heteroatoms. The van der Waals surface area contributed by atoms with Crippen LogP contribution in [0.1, 0.15) is 7.43 Å². The number of hydrogen-bond donors (Lipinski definition) is 2. The van der Waals surface area contributed by atoms with Gasteiger partial charge in [-0.25, -0.2) is 0 Å². The van der Waals surface area contributed by atoms with Crippen LogP contribution in [0.5, 0.6) is 0 Å². The lowest BCUT2D eigenvalue weighted by atomic mass is 9.72. The van der Waals surface area contributed by atoms with Gasteiger partial charge in [-0.05, 0) is 193 Å². The molecule has 0 spiro atoms. The zero-order chi connectivity index (χ0) is 61.7. The van der Waals surface area contributed by atoms with Crippen molar-refractivity contribution in [3.8, 4) is 55.6 Å². The SMILES string of the molecule is Brc1ccc(-c2ccc3ccc4ccccc4c3c2)cc1.C.OB(O)c1c2ccccc2c(-c2cccc3ccccc23)c2ccccc12.c1ccc2c(-c3c4ccccc4c(-c4ccc(-c5ccc6ccc7ccccc7c6c5)cc4)c4ccccc34)cccc2c1. The summed E-state index contributed by atoms with van der Waals surface area (Å²) in [6.45, 7) is 0. The van der Waals surface area contributed by atoms with Gasteiger partial charge in [0, 0.05) is 4.47 Å². The van der Waals surface area contributed by atoms with Gasteiger partial charge >= 0.3 is 7.12 Å². The molecule has 0 aliphatic rings. The summed E-state index contributed by atoms with van der Waals surface area (Å²) < 4.78 is 1.11. The zero-order valence-corrected chi connectivity index (χ0v) is 51.8. The van der Waals surface area contributed by atoms with Gasteiger partial charge in [0.05, 0.1) is 0 Å². The summed E-state index contributed by atoms with van der Waals surface area (Å²) in [6.07, 6.45) is 0. The number of halogens is 1. The fourth-order valence-electron chi connectivity index (χ4n) is 14.2. The van der Waals surface area contributed by atoms with Crippen molar-refractivity contribution in [2.24, 2.45) is 0 Å². The van der Waals surface area contributed by atoms with E-state index in [0.29, 0.717) is 5.46 Å². The largest absolute Gasteiger partial charge is 0.489 e. The summed E-state index contributed by atoms with van der Waals surface area (Å²) >= 11 is 3.49. The van der Waals surface area contributed by atoms with Gasteiger partial charge in [-0.15, -0.1) is 0 Å². The van der Waals surface area contributed by atoms with Crippen molar-refractivity contribution in [2.75, 3.05) is 0 Å². The third kappa shape index (κ3) is 10.7. The Kier molecular flexibility index (Phi) is 15.7. The summed E-state index contributed by atoms with van der Waals surface area (Å²) in [6, 6.07) is 121. The van der Waals surface area contributed by atoms with Crippen LogP contribution >= 0.6 is 15.9 Å². The molecule has 0 bridgehead atoms.